The molecule has 1 aliphatic heterocycles. The highest BCUT2D eigenvalue weighted by Crippen LogP contribution is 2.27. The lowest BCUT2D eigenvalue weighted by Crippen LogP contribution is -2.38. The first-order valence-electron chi connectivity index (χ1n) is 9.05. The molecule has 1 fully saturated rings. The highest BCUT2D eigenvalue weighted by atomic mass is 16.5. The molecule has 1 heterocycles. The van der Waals surface area contributed by atoms with E-state index in [0.29, 0.717) is 16.9 Å². The second-order valence-corrected chi connectivity index (χ2v) is 7.60. The summed E-state index contributed by atoms with van der Waals surface area (Å²) >= 11 is 0. The number of rotatable bonds is 5. The molecule has 8 heteroatoms. The molecule has 4 N–H and O–H groups in total. The Labute approximate surface area is 163 Å². The number of likely N-dealkylation sites (tertiary alicyclic amines) is 1. The lowest BCUT2D eigenvalue weighted by molar-refractivity contribution is -0.879. The molecular formula is C20H25N4O4+. The van der Waals surface area contributed by atoms with E-state index in [1.807, 2.05) is 0 Å². The summed E-state index contributed by atoms with van der Waals surface area (Å²) in [4.78, 5) is 12.5. The summed E-state index contributed by atoms with van der Waals surface area (Å²) in [6.45, 7) is 1.69. The molecule has 0 bridgehead atoms. The van der Waals surface area contributed by atoms with Gasteiger partial charge in [-0.05, 0) is 35.9 Å². The molecule has 0 saturated carbocycles. The number of ether oxygens (including phenoxy) is 1. The van der Waals surface area contributed by atoms with Crippen LogP contribution in [0.3, 0.4) is 0 Å². The van der Waals surface area contributed by atoms with Crippen molar-refractivity contribution < 1.29 is 24.2 Å². The van der Waals surface area contributed by atoms with Gasteiger partial charge in [-0.3, -0.25) is 0 Å². The number of nitrogens with zero attached hydrogens (tertiary/aromatic N) is 3. The number of aromatic hydroxyl groups is 1. The fraction of sp³-hybridized carbons (Fsp3) is 0.350. The Hall–Kier alpha value is -2.81. The van der Waals surface area contributed by atoms with Crippen LogP contribution in [0.1, 0.15) is 28.6 Å². The molecule has 2 aromatic rings. The number of carbonyl (C=O) groups excluding carboxylic acids is 1. The highest BCUT2D eigenvalue weighted by Gasteiger charge is 2.34. The van der Waals surface area contributed by atoms with E-state index in [-0.39, 0.29) is 17.4 Å². The van der Waals surface area contributed by atoms with Crippen molar-refractivity contribution in [1.82, 2.24) is 0 Å². The summed E-state index contributed by atoms with van der Waals surface area (Å²) < 4.78 is 6.35. The van der Waals surface area contributed by atoms with E-state index in [4.69, 9.17) is 10.5 Å². The van der Waals surface area contributed by atoms with Gasteiger partial charge in [0.1, 0.15) is 24.1 Å². The predicted octanol–water partition coefficient (Wildman–Crippen LogP) is 2.76. The van der Waals surface area contributed by atoms with Crippen LogP contribution in [0.4, 0.5) is 11.4 Å². The third-order valence-electron chi connectivity index (χ3n) is 4.74. The molecule has 0 spiro atoms. The van der Waals surface area contributed by atoms with E-state index in [9.17, 15) is 15.0 Å². The van der Waals surface area contributed by atoms with Crippen LogP contribution in [0.5, 0.6) is 5.75 Å². The van der Waals surface area contributed by atoms with Crippen LogP contribution >= 0.6 is 0 Å². The minimum atomic E-state index is -1.04. The van der Waals surface area contributed by atoms with E-state index >= 15 is 0 Å². The molecule has 2 aromatic carbocycles. The van der Waals surface area contributed by atoms with Crippen LogP contribution in [0.15, 0.2) is 52.7 Å². The van der Waals surface area contributed by atoms with Crippen molar-refractivity contribution in [2.24, 2.45) is 16.0 Å². The molecule has 2 atom stereocenters. The Bertz CT molecular complexity index is 878. The third-order valence-corrected chi connectivity index (χ3v) is 4.74. The number of phenols is 1. The number of esters is 1. The summed E-state index contributed by atoms with van der Waals surface area (Å²) in [7, 11) is 4.18. The number of nitrogens with two attached hydrogens (primary N) is 1. The van der Waals surface area contributed by atoms with Crippen LogP contribution in [0.25, 0.3) is 0 Å². The first-order valence-corrected chi connectivity index (χ1v) is 9.05. The van der Waals surface area contributed by atoms with Crippen LogP contribution in [0.2, 0.25) is 0 Å². The number of benzene rings is 2. The minimum Gasteiger partial charge on any atom is -0.507 e. The molecular weight excluding hydrogens is 360 g/mol. The first kappa shape index (κ1) is 19.9. The number of likely N-dealkylation sites (N-methyl/N-ethyl adjacent to an activating group) is 1. The quantitative estimate of drug-likeness (QED) is 0.317. The number of carbonyl (C=O) groups is 1. The van der Waals surface area contributed by atoms with Gasteiger partial charge in [-0.1, -0.05) is 12.1 Å². The van der Waals surface area contributed by atoms with Crippen molar-refractivity contribution in [2.75, 3.05) is 27.2 Å². The molecule has 2 unspecified atom stereocenters. The van der Waals surface area contributed by atoms with Crippen molar-refractivity contribution in [3.63, 3.8) is 0 Å². The normalized spacial score (nSPS) is 19.6. The molecule has 8 nitrogen and oxygen atoms in total. The Morgan fingerprint density at radius 1 is 1.18 bits per heavy atom. The first-order chi connectivity index (χ1) is 13.2. The third kappa shape index (κ3) is 4.92. The van der Waals surface area contributed by atoms with Crippen LogP contribution < -0.4 is 5.73 Å². The van der Waals surface area contributed by atoms with Gasteiger partial charge < -0.3 is 25.2 Å². The lowest BCUT2D eigenvalue weighted by Gasteiger charge is -2.22. The number of aliphatic hydroxyl groups excluding tert-OH is 1. The summed E-state index contributed by atoms with van der Waals surface area (Å²) in [6.07, 6.45) is -0.406. The number of phenolic OH excluding ortho intramolecular Hbond substituents is 1. The number of hydrogen-bond acceptors (Lipinski definition) is 7. The van der Waals surface area contributed by atoms with E-state index in [1.165, 1.54) is 12.1 Å². The monoisotopic (exact) mass is 385 g/mol. The average molecular weight is 385 g/mol. The lowest BCUT2D eigenvalue weighted by atomic mass is 10.2. The van der Waals surface area contributed by atoms with Gasteiger partial charge in [0.2, 0.25) is 0 Å². The molecule has 0 aromatic heterocycles. The van der Waals surface area contributed by atoms with Crippen LogP contribution in [-0.2, 0) is 4.74 Å². The SMILES string of the molecule is C[N+]1(C)CCC(OC(=O)c2cc(N=Nc3ccc(C(N)O)cc3)ccc2O)C1. The maximum Gasteiger partial charge on any atom is 0.342 e. The molecule has 0 amide bonds. The standard InChI is InChI=1S/C20H24N4O4/c1-24(2)10-9-16(12-24)28-20(27)17-11-15(7-8-18(17)25)23-22-14-5-3-13(4-6-14)19(21)26/h3-8,11,16,19,26H,9-10,12,21H2,1-2H3/p+1. The Morgan fingerprint density at radius 2 is 1.82 bits per heavy atom. The maximum atomic E-state index is 12.5. The molecule has 3 rings (SSSR count). The molecule has 1 saturated heterocycles. The topological polar surface area (TPSA) is 118 Å². The Kier molecular flexibility index (Phi) is 5.73. The van der Waals surface area contributed by atoms with Gasteiger partial charge in [0.25, 0.3) is 0 Å². The zero-order valence-electron chi connectivity index (χ0n) is 15.9. The fourth-order valence-corrected chi connectivity index (χ4v) is 3.14. The van der Waals surface area contributed by atoms with Gasteiger partial charge in [0, 0.05) is 6.42 Å². The van der Waals surface area contributed by atoms with Crippen molar-refractivity contribution in [3.05, 3.63) is 53.6 Å². The second-order valence-electron chi connectivity index (χ2n) is 7.60. The predicted molar refractivity (Wildman–Crippen MR) is 104 cm³/mol. The van der Waals surface area contributed by atoms with E-state index in [1.54, 1.807) is 30.3 Å². The Balaban J connectivity index is 1.71. The van der Waals surface area contributed by atoms with Crippen molar-refractivity contribution >= 4 is 17.3 Å². The zero-order valence-corrected chi connectivity index (χ0v) is 15.9. The minimum absolute atomic E-state index is 0.0651. The zero-order chi connectivity index (χ0) is 20.3. The number of hydrogen-bond donors (Lipinski definition) is 3. The van der Waals surface area contributed by atoms with Crippen molar-refractivity contribution in [1.29, 1.82) is 0 Å². The maximum absolute atomic E-state index is 12.5. The summed E-state index contributed by atoms with van der Waals surface area (Å²) in [6, 6.07) is 11.1. The summed E-state index contributed by atoms with van der Waals surface area (Å²) in [5.41, 5.74) is 7.01. The smallest absolute Gasteiger partial charge is 0.342 e. The number of quaternary nitrogens is 1. The second kappa shape index (κ2) is 8.05. The van der Waals surface area contributed by atoms with E-state index in [0.717, 1.165) is 24.0 Å². The average Bonchev–Trinajstić information content (AvgIpc) is 2.99. The van der Waals surface area contributed by atoms with E-state index < -0.39 is 12.2 Å². The largest absolute Gasteiger partial charge is 0.507 e. The molecule has 0 radical (unpaired) electrons. The number of aliphatic hydroxyl groups is 1. The van der Waals surface area contributed by atoms with Gasteiger partial charge in [0.15, 0.2) is 6.10 Å². The molecule has 28 heavy (non-hydrogen) atoms. The Morgan fingerprint density at radius 3 is 2.43 bits per heavy atom. The summed E-state index contributed by atoms with van der Waals surface area (Å²) in [5, 5.41) is 27.5. The number of azo groups is 1. The van der Waals surface area contributed by atoms with Gasteiger partial charge in [0.05, 0.1) is 32.0 Å². The van der Waals surface area contributed by atoms with Gasteiger partial charge >= 0.3 is 5.97 Å². The van der Waals surface area contributed by atoms with Crippen LogP contribution in [0, 0.1) is 0 Å². The molecule has 148 valence electrons. The summed E-state index contributed by atoms with van der Waals surface area (Å²) in [5.74, 6) is -0.722. The van der Waals surface area contributed by atoms with Crippen LogP contribution in [-0.4, -0.2) is 54.0 Å². The van der Waals surface area contributed by atoms with Crippen molar-refractivity contribution in [3.8, 4) is 5.75 Å². The fourth-order valence-electron chi connectivity index (χ4n) is 3.14. The van der Waals surface area contributed by atoms with Gasteiger partial charge in [-0.15, -0.1) is 0 Å². The van der Waals surface area contributed by atoms with E-state index in [2.05, 4.69) is 24.3 Å². The van der Waals surface area contributed by atoms with Crippen molar-refractivity contribution in [2.45, 2.75) is 18.8 Å². The van der Waals surface area contributed by atoms with Gasteiger partial charge in [-0.2, -0.15) is 10.2 Å². The molecule has 0 aliphatic carbocycles. The van der Waals surface area contributed by atoms with Gasteiger partial charge in [-0.25, -0.2) is 4.79 Å². The molecule has 1 aliphatic rings. The highest BCUT2D eigenvalue weighted by molar-refractivity contribution is 5.93.